The van der Waals surface area contributed by atoms with Gasteiger partial charge in [0, 0.05) is 19.1 Å². The molecule has 0 bridgehead atoms. The Morgan fingerprint density at radius 1 is 1.10 bits per heavy atom. The van der Waals surface area contributed by atoms with Crippen molar-refractivity contribution >= 4 is 12.0 Å². The number of hydrogen-bond donors (Lipinski definition) is 2. The molecule has 0 aromatic carbocycles. The van der Waals surface area contributed by atoms with Gasteiger partial charge in [-0.05, 0) is 25.7 Å². The van der Waals surface area contributed by atoms with Gasteiger partial charge in [0.2, 0.25) is 0 Å². The predicted octanol–water partition coefficient (Wildman–Crippen LogP) is 2.22. The topological polar surface area (TPSA) is 69.6 Å². The summed E-state index contributed by atoms with van der Waals surface area (Å²) in [6.45, 7) is 0.112. The number of carbonyl (C=O) groups is 2. The van der Waals surface area contributed by atoms with Gasteiger partial charge in [0.1, 0.15) is 0 Å². The molecule has 2 atom stereocenters. The lowest BCUT2D eigenvalue weighted by Crippen LogP contribution is -2.50. The molecule has 21 heavy (non-hydrogen) atoms. The van der Waals surface area contributed by atoms with Crippen molar-refractivity contribution in [1.29, 1.82) is 0 Å². The average Bonchev–Trinajstić information content (AvgIpc) is 2.86. The van der Waals surface area contributed by atoms with Crippen molar-refractivity contribution in [3.63, 3.8) is 0 Å². The zero-order chi connectivity index (χ0) is 15.6. The maximum absolute atomic E-state index is 12.6. The molecule has 1 saturated heterocycles. The van der Waals surface area contributed by atoms with Crippen LogP contribution in [0.25, 0.3) is 0 Å². The van der Waals surface area contributed by atoms with Crippen LogP contribution in [-0.2, 0) is 4.79 Å². The van der Waals surface area contributed by atoms with Crippen LogP contribution < -0.4 is 5.32 Å². The van der Waals surface area contributed by atoms with Gasteiger partial charge in [-0.25, -0.2) is 4.79 Å². The highest BCUT2D eigenvalue weighted by Gasteiger charge is 2.42. The van der Waals surface area contributed by atoms with E-state index in [1.54, 1.807) is 0 Å². The third kappa shape index (κ3) is 3.79. The number of carboxylic acid groups (broad SMARTS) is 1. The van der Waals surface area contributed by atoms with E-state index in [1.807, 2.05) is 0 Å². The van der Waals surface area contributed by atoms with Gasteiger partial charge in [-0.2, -0.15) is 13.2 Å². The Hall–Kier alpha value is -1.47. The fourth-order valence-corrected chi connectivity index (χ4v) is 3.09. The summed E-state index contributed by atoms with van der Waals surface area (Å²) in [7, 11) is 0. The number of aliphatic carboxylic acids is 1. The molecule has 2 unspecified atom stereocenters. The summed E-state index contributed by atoms with van der Waals surface area (Å²) in [5.41, 5.74) is 0. The van der Waals surface area contributed by atoms with Gasteiger partial charge in [0.15, 0.2) is 0 Å². The standard InChI is InChI=1S/C13H19F3N2O3/c14-13(15,16)8-4-6-18(7-5-8)12(21)17-10-3-1-2-9(10)11(19)20/h8-10H,1-7H2,(H,17,21)(H,19,20). The Bertz CT molecular complexity index is 406. The summed E-state index contributed by atoms with van der Waals surface area (Å²) in [4.78, 5) is 24.4. The zero-order valence-corrected chi connectivity index (χ0v) is 11.5. The molecule has 5 nitrogen and oxygen atoms in total. The van der Waals surface area contributed by atoms with Crippen molar-refractivity contribution in [2.45, 2.75) is 44.3 Å². The van der Waals surface area contributed by atoms with E-state index in [9.17, 15) is 22.8 Å². The maximum Gasteiger partial charge on any atom is 0.391 e. The predicted molar refractivity (Wildman–Crippen MR) is 67.6 cm³/mol. The number of likely N-dealkylation sites (tertiary alicyclic amines) is 1. The van der Waals surface area contributed by atoms with E-state index in [0.29, 0.717) is 12.8 Å². The van der Waals surface area contributed by atoms with Crippen LogP contribution >= 0.6 is 0 Å². The third-order valence-corrected chi connectivity index (χ3v) is 4.39. The monoisotopic (exact) mass is 308 g/mol. The lowest BCUT2D eigenvalue weighted by atomic mass is 9.96. The molecule has 2 amide bonds. The number of urea groups is 1. The molecule has 120 valence electrons. The molecule has 0 aromatic heterocycles. The van der Waals surface area contributed by atoms with Gasteiger partial charge in [-0.3, -0.25) is 4.79 Å². The van der Waals surface area contributed by atoms with E-state index < -0.39 is 36.1 Å². The van der Waals surface area contributed by atoms with Gasteiger partial charge in [-0.15, -0.1) is 0 Å². The Morgan fingerprint density at radius 2 is 1.71 bits per heavy atom. The third-order valence-electron chi connectivity index (χ3n) is 4.39. The molecule has 0 spiro atoms. The summed E-state index contributed by atoms with van der Waals surface area (Å²) in [5.74, 6) is -2.88. The van der Waals surface area contributed by atoms with Crippen LogP contribution in [-0.4, -0.2) is 47.3 Å². The van der Waals surface area contributed by atoms with E-state index in [1.165, 1.54) is 4.90 Å². The lowest BCUT2D eigenvalue weighted by molar-refractivity contribution is -0.183. The molecule has 2 fully saturated rings. The highest BCUT2D eigenvalue weighted by atomic mass is 19.4. The zero-order valence-electron chi connectivity index (χ0n) is 11.5. The molecule has 2 rings (SSSR count). The number of nitrogens with zero attached hydrogens (tertiary/aromatic N) is 1. The van der Waals surface area contributed by atoms with Crippen molar-refractivity contribution in [3.05, 3.63) is 0 Å². The Labute approximate surface area is 120 Å². The number of nitrogens with one attached hydrogen (secondary N) is 1. The molecule has 0 aromatic rings. The van der Waals surface area contributed by atoms with Crippen molar-refractivity contribution in [2.75, 3.05) is 13.1 Å². The van der Waals surface area contributed by atoms with Crippen LogP contribution in [0.4, 0.5) is 18.0 Å². The number of rotatable bonds is 2. The van der Waals surface area contributed by atoms with Crippen LogP contribution in [0.1, 0.15) is 32.1 Å². The first kappa shape index (κ1) is 15.9. The van der Waals surface area contributed by atoms with Crippen molar-refractivity contribution in [3.8, 4) is 0 Å². The highest BCUT2D eigenvalue weighted by molar-refractivity contribution is 5.77. The first-order chi connectivity index (χ1) is 9.79. The van der Waals surface area contributed by atoms with Gasteiger partial charge >= 0.3 is 18.2 Å². The quantitative estimate of drug-likeness (QED) is 0.822. The molecular weight excluding hydrogens is 289 g/mol. The van der Waals surface area contributed by atoms with Crippen LogP contribution in [0.5, 0.6) is 0 Å². The van der Waals surface area contributed by atoms with E-state index in [0.717, 1.165) is 6.42 Å². The van der Waals surface area contributed by atoms with Gasteiger partial charge in [0.05, 0.1) is 11.8 Å². The molecule has 1 saturated carbocycles. The molecule has 8 heteroatoms. The normalized spacial score (nSPS) is 27.7. The number of hydrogen-bond acceptors (Lipinski definition) is 2. The molecule has 0 radical (unpaired) electrons. The number of halogens is 3. The fourth-order valence-electron chi connectivity index (χ4n) is 3.09. The van der Waals surface area contributed by atoms with Gasteiger partial charge < -0.3 is 15.3 Å². The summed E-state index contributed by atoms with van der Waals surface area (Å²) < 4.78 is 37.7. The first-order valence-electron chi connectivity index (χ1n) is 7.14. The summed E-state index contributed by atoms with van der Waals surface area (Å²) >= 11 is 0. The second-order valence-electron chi connectivity index (χ2n) is 5.73. The fraction of sp³-hybridized carbons (Fsp3) is 0.846. The molecular formula is C13H19F3N2O3. The van der Waals surface area contributed by atoms with Crippen LogP contribution in [0.3, 0.4) is 0 Å². The van der Waals surface area contributed by atoms with Gasteiger partial charge in [-0.1, -0.05) is 6.42 Å². The average molecular weight is 308 g/mol. The van der Waals surface area contributed by atoms with E-state index in [4.69, 9.17) is 5.11 Å². The number of piperidine rings is 1. The molecule has 1 aliphatic heterocycles. The SMILES string of the molecule is O=C(O)C1CCCC1NC(=O)N1CCC(C(F)(F)F)CC1. The molecule has 2 aliphatic rings. The molecule has 1 aliphatic carbocycles. The van der Waals surface area contributed by atoms with Crippen LogP contribution in [0, 0.1) is 11.8 Å². The second kappa shape index (κ2) is 6.11. The van der Waals surface area contributed by atoms with Crippen molar-refractivity contribution in [2.24, 2.45) is 11.8 Å². The minimum atomic E-state index is -4.21. The van der Waals surface area contributed by atoms with E-state index in [-0.39, 0.29) is 25.9 Å². The van der Waals surface area contributed by atoms with Crippen molar-refractivity contribution < 1.29 is 27.9 Å². The molecule has 2 N–H and O–H groups in total. The maximum atomic E-state index is 12.6. The number of carboxylic acids is 1. The number of alkyl halides is 3. The van der Waals surface area contributed by atoms with E-state index >= 15 is 0 Å². The number of carbonyl (C=O) groups excluding carboxylic acids is 1. The Kier molecular flexibility index (Phi) is 4.63. The van der Waals surface area contributed by atoms with Crippen LogP contribution in [0.15, 0.2) is 0 Å². The summed E-state index contributed by atoms with van der Waals surface area (Å²) in [5, 5.41) is 11.7. The Morgan fingerprint density at radius 3 is 2.24 bits per heavy atom. The minimum Gasteiger partial charge on any atom is -0.481 e. The van der Waals surface area contributed by atoms with Gasteiger partial charge in [0.25, 0.3) is 0 Å². The first-order valence-corrected chi connectivity index (χ1v) is 7.14. The highest BCUT2D eigenvalue weighted by Crippen LogP contribution is 2.34. The van der Waals surface area contributed by atoms with E-state index in [2.05, 4.69) is 5.32 Å². The van der Waals surface area contributed by atoms with Crippen LogP contribution in [0.2, 0.25) is 0 Å². The van der Waals surface area contributed by atoms with Crippen molar-refractivity contribution in [1.82, 2.24) is 10.2 Å². The number of amides is 2. The Balaban J connectivity index is 1.84. The summed E-state index contributed by atoms with van der Waals surface area (Å²) in [6.07, 6.45) is -2.54. The second-order valence-corrected chi connectivity index (χ2v) is 5.73. The lowest BCUT2D eigenvalue weighted by Gasteiger charge is -2.34. The molecule has 1 heterocycles. The minimum absolute atomic E-state index is 0.0560. The largest absolute Gasteiger partial charge is 0.481 e. The summed E-state index contributed by atoms with van der Waals surface area (Å²) in [6, 6.07) is -0.871. The smallest absolute Gasteiger partial charge is 0.391 e.